The highest BCUT2D eigenvalue weighted by Gasteiger charge is 2.22. The van der Waals surface area contributed by atoms with Crippen molar-refractivity contribution in [3.8, 4) is 6.07 Å². The topological polar surface area (TPSA) is 89.2 Å². The zero-order valence-corrected chi connectivity index (χ0v) is 26.9. The van der Waals surface area contributed by atoms with Crippen LogP contribution in [0, 0.1) is 17.2 Å². The first-order valence-corrected chi connectivity index (χ1v) is 15.1. The Morgan fingerprint density at radius 1 is 1.17 bits per heavy atom. The Balaban J connectivity index is 1.73. The molecule has 0 aliphatic rings. The summed E-state index contributed by atoms with van der Waals surface area (Å²) in [7, 11) is 4.03. The second-order valence-electron chi connectivity index (χ2n) is 11.0. The van der Waals surface area contributed by atoms with Gasteiger partial charge in [-0.25, -0.2) is 4.98 Å². The molecule has 1 amide bonds. The summed E-state index contributed by atoms with van der Waals surface area (Å²) in [5.74, 6) is 0.263. The van der Waals surface area contributed by atoms with Gasteiger partial charge in [-0.3, -0.25) is 4.79 Å². The lowest BCUT2D eigenvalue weighted by molar-refractivity contribution is -0.121. The summed E-state index contributed by atoms with van der Waals surface area (Å²) < 4.78 is 1.95. The minimum Gasteiger partial charge on any atom is -0.361 e. The molecule has 1 heterocycles. The lowest BCUT2D eigenvalue weighted by Crippen LogP contribution is -2.50. The van der Waals surface area contributed by atoms with E-state index in [1.54, 1.807) is 30.7 Å². The van der Waals surface area contributed by atoms with Gasteiger partial charge in [-0.1, -0.05) is 61.3 Å². The van der Waals surface area contributed by atoms with Crippen molar-refractivity contribution < 1.29 is 4.79 Å². The molecule has 3 rings (SSSR count). The molecular weight excluding hydrogens is 589 g/mol. The molecule has 2 aromatic carbocycles. The molecule has 0 saturated heterocycles. The van der Waals surface area contributed by atoms with Crippen LogP contribution in [0.4, 0.5) is 0 Å². The average molecular weight is 629 g/mol. The van der Waals surface area contributed by atoms with E-state index in [0.717, 1.165) is 29.8 Å². The van der Waals surface area contributed by atoms with Gasteiger partial charge in [-0.05, 0) is 68.0 Å². The number of thiocarbonyl (C=S) groups is 1. The maximum absolute atomic E-state index is 13.3. The molecule has 0 unspecified atom stereocenters. The monoisotopic (exact) mass is 627 g/mol. The van der Waals surface area contributed by atoms with Crippen LogP contribution in [0.25, 0.3) is 0 Å². The number of hydrogen-bond acceptors (Lipinski definition) is 5. The maximum atomic E-state index is 13.3. The molecule has 2 N–H and O–H groups in total. The third-order valence-electron chi connectivity index (χ3n) is 6.65. The van der Waals surface area contributed by atoms with E-state index in [9.17, 15) is 4.79 Å². The molecule has 1 aromatic heterocycles. The third kappa shape index (κ3) is 10.6. The maximum Gasteiger partial charge on any atom is 0.226 e. The highest BCUT2D eigenvalue weighted by molar-refractivity contribution is 7.80. The summed E-state index contributed by atoms with van der Waals surface area (Å²) in [5.41, 5.74) is 3.31. The minimum atomic E-state index is -0.154. The number of rotatable bonds is 14. The molecule has 0 aliphatic carbocycles. The lowest BCUT2D eigenvalue weighted by atomic mass is 10.0. The van der Waals surface area contributed by atoms with Gasteiger partial charge in [0.05, 0.1) is 34.4 Å². The Morgan fingerprint density at radius 2 is 1.90 bits per heavy atom. The summed E-state index contributed by atoms with van der Waals surface area (Å²) in [4.78, 5) is 21.8. The fraction of sp³-hybridized carbons (Fsp3) is 0.419. The van der Waals surface area contributed by atoms with E-state index in [1.807, 2.05) is 47.8 Å². The van der Waals surface area contributed by atoms with Crippen LogP contribution in [0.15, 0.2) is 55.0 Å². The number of carbonyl (C=O) groups excluding carboxylic acids is 1. The number of likely N-dealkylation sites (N-methyl/N-ethyl adjacent to an activating group) is 1. The number of hydrogen-bond donors (Lipinski definition) is 2. The Bertz CT molecular complexity index is 1370. The Morgan fingerprint density at radius 3 is 2.57 bits per heavy atom. The van der Waals surface area contributed by atoms with Gasteiger partial charge in [0.2, 0.25) is 5.91 Å². The zero-order valence-electron chi connectivity index (χ0n) is 24.6. The SMILES string of the molecule is CC(C)C[C@@H](CN(Cc1cccc(Cl)c1Cl)C(=S)NCCN(C)C)NC(=O)Cc1cncn1Cc1ccc(C#N)cc1. The number of aromatic nitrogens is 2. The first-order valence-electron chi connectivity index (χ1n) is 13.9. The first-order chi connectivity index (χ1) is 20.0. The van der Waals surface area contributed by atoms with Crippen molar-refractivity contribution in [3.63, 3.8) is 0 Å². The van der Waals surface area contributed by atoms with Gasteiger partial charge in [-0.2, -0.15) is 5.26 Å². The number of nitrogens with zero attached hydrogens (tertiary/aromatic N) is 5. The summed E-state index contributed by atoms with van der Waals surface area (Å²) in [6.45, 7) is 7.31. The van der Waals surface area contributed by atoms with Crippen LogP contribution in [0.2, 0.25) is 10.0 Å². The minimum absolute atomic E-state index is 0.0885. The van der Waals surface area contributed by atoms with Crippen LogP contribution in [0.5, 0.6) is 0 Å². The number of carbonyl (C=O) groups is 1. The Kier molecular flexibility index (Phi) is 13.1. The lowest BCUT2D eigenvalue weighted by Gasteiger charge is -2.32. The van der Waals surface area contributed by atoms with Crippen molar-refractivity contribution >= 4 is 46.4 Å². The van der Waals surface area contributed by atoms with Crippen LogP contribution < -0.4 is 10.6 Å². The van der Waals surface area contributed by atoms with Gasteiger partial charge in [-0.15, -0.1) is 0 Å². The molecule has 0 aliphatic heterocycles. The van der Waals surface area contributed by atoms with Crippen molar-refractivity contribution in [1.82, 2.24) is 30.0 Å². The number of nitrogens with one attached hydrogen (secondary N) is 2. The van der Waals surface area contributed by atoms with Crippen LogP contribution in [0.3, 0.4) is 0 Å². The van der Waals surface area contributed by atoms with Crippen molar-refractivity contribution in [1.29, 1.82) is 5.26 Å². The van der Waals surface area contributed by atoms with Crippen molar-refractivity contribution in [2.75, 3.05) is 33.7 Å². The van der Waals surface area contributed by atoms with Crippen LogP contribution in [-0.4, -0.2) is 70.1 Å². The Labute approximate surface area is 264 Å². The predicted octanol–water partition coefficient (Wildman–Crippen LogP) is 5.12. The van der Waals surface area contributed by atoms with E-state index in [0.29, 0.717) is 52.8 Å². The highest BCUT2D eigenvalue weighted by atomic mass is 35.5. The third-order valence-corrected chi connectivity index (χ3v) is 7.91. The smallest absolute Gasteiger partial charge is 0.226 e. The number of amides is 1. The van der Waals surface area contributed by atoms with Crippen LogP contribution in [0.1, 0.15) is 42.7 Å². The van der Waals surface area contributed by atoms with Crippen molar-refractivity contribution in [2.24, 2.45) is 5.92 Å². The fourth-order valence-corrected chi connectivity index (χ4v) is 5.19. The molecule has 0 radical (unpaired) electrons. The van der Waals surface area contributed by atoms with E-state index in [2.05, 4.69) is 40.4 Å². The van der Waals surface area contributed by atoms with Gasteiger partial charge < -0.3 is 25.0 Å². The van der Waals surface area contributed by atoms with E-state index in [-0.39, 0.29) is 18.4 Å². The second kappa shape index (κ2) is 16.5. The van der Waals surface area contributed by atoms with E-state index in [4.69, 9.17) is 40.7 Å². The quantitative estimate of drug-likeness (QED) is 0.240. The predicted molar refractivity (Wildman–Crippen MR) is 174 cm³/mol. The number of imidazole rings is 1. The molecule has 11 heteroatoms. The first kappa shape index (κ1) is 33.3. The summed E-state index contributed by atoms with van der Waals surface area (Å²) in [6, 6.07) is 15.0. The van der Waals surface area contributed by atoms with Crippen molar-refractivity contribution in [3.05, 3.63) is 87.4 Å². The molecule has 1 atom stereocenters. The molecule has 8 nitrogen and oxygen atoms in total. The van der Waals surface area contributed by atoms with Gasteiger partial charge >= 0.3 is 0 Å². The van der Waals surface area contributed by atoms with Crippen LogP contribution >= 0.6 is 35.4 Å². The number of halogens is 2. The van der Waals surface area contributed by atoms with Gasteiger partial charge in [0.25, 0.3) is 0 Å². The van der Waals surface area contributed by atoms with E-state index < -0.39 is 0 Å². The molecule has 3 aromatic rings. The molecule has 0 saturated carbocycles. The Hall–Kier alpha value is -3.16. The standard InChI is InChI=1S/C31H39Cl2N7OS/c1-22(2)14-26(20-39(31(42)36-12-13-38(3)4)19-25-6-5-7-28(32)30(25)33)37-29(41)15-27-17-35-21-40(27)18-24-10-8-23(16-34)9-11-24/h5-11,17,21-22,26H,12-15,18-20H2,1-4H3,(H,36,42)(H,37,41)/t26-/m0/s1. The molecule has 0 spiro atoms. The normalized spacial score (nSPS) is 11.8. The number of benzene rings is 2. The summed E-state index contributed by atoms with van der Waals surface area (Å²) in [5, 5.41) is 17.2. The molecular formula is C31H39Cl2N7OS. The molecule has 0 fully saturated rings. The number of nitriles is 1. The highest BCUT2D eigenvalue weighted by Crippen LogP contribution is 2.27. The van der Waals surface area contributed by atoms with E-state index >= 15 is 0 Å². The van der Waals surface area contributed by atoms with E-state index in [1.165, 1.54) is 0 Å². The summed E-state index contributed by atoms with van der Waals surface area (Å²) in [6.07, 6.45) is 4.41. The van der Waals surface area contributed by atoms with Gasteiger partial charge in [0, 0.05) is 50.7 Å². The zero-order chi connectivity index (χ0) is 30.6. The van der Waals surface area contributed by atoms with Crippen LogP contribution in [-0.2, 0) is 24.3 Å². The van der Waals surface area contributed by atoms with Gasteiger partial charge in [0.1, 0.15) is 0 Å². The molecule has 224 valence electrons. The summed E-state index contributed by atoms with van der Waals surface area (Å²) >= 11 is 18.7. The van der Waals surface area contributed by atoms with Gasteiger partial charge in [0.15, 0.2) is 5.11 Å². The molecule has 0 bridgehead atoms. The second-order valence-corrected chi connectivity index (χ2v) is 12.2. The molecule has 42 heavy (non-hydrogen) atoms. The van der Waals surface area contributed by atoms with Crippen molar-refractivity contribution in [2.45, 2.75) is 45.8 Å². The largest absolute Gasteiger partial charge is 0.361 e. The average Bonchev–Trinajstić information content (AvgIpc) is 3.36. The fourth-order valence-electron chi connectivity index (χ4n) is 4.57.